The van der Waals surface area contributed by atoms with Crippen LogP contribution in [0.15, 0.2) is 17.2 Å². The fourth-order valence-corrected chi connectivity index (χ4v) is 3.38. The molecule has 132 valence electrons. The van der Waals surface area contributed by atoms with E-state index in [2.05, 4.69) is 4.98 Å². The zero-order valence-electron chi connectivity index (χ0n) is 13.9. The molecule has 0 atom stereocenters. The van der Waals surface area contributed by atoms with Crippen molar-refractivity contribution < 1.29 is 14.4 Å². The van der Waals surface area contributed by atoms with Crippen molar-refractivity contribution in [2.24, 2.45) is 5.92 Å². The quantitative estimate of drug-likeness (QED) is 0.686. The van der Waals surface area contributed by atoms with Crippen LogP contribution in [0.5, 0.6) is 0 Å². The first-order chi connectivity index (χ1) is 12.0. The molecule has 1 aliphatic carbocycles. The standard InChI is InChI=1S/C17H20N4O4/c22-14-3-4-15(23)21(14)8-11-6-19(7-11)17(25)9-20-10-18-13(5-16(20)24)12-1-2-12/h5,10-12H,1-4,6-9H2. The number of imide groups is 1. The topological polar surface area (TPSA) is 92.6 Å². The Kier molecular flexibility index (Phi) is 3.89. The molecule has 0 bridgehead atoms. The highest BCUT2D eigenvalue weighted by molar-refractivity contribution is 6.01. The van der Waals surface area contributed by atoms with E-state index in [1.165, 1.54) is 21.9 Å². The van der Waals surface area contributed by atoms with Gasteiger partial charge < -0.3 is 4.90 Å². The normalized spacial score (nSPS) is 21.0. The van der Waals surface area contributed by atoms with Gasteiger partial charge in [-0.3, -0.25) is 28.6 Å². The van der Waals surface area contributed by atoms with Gasteiger partial charge in [0.2, 0.25) is 17.7 Å². The molecule has 3 aliphatic rings. The van der Waals surface area contributed by atoms with Crippen molar-refractivity contribution in [3.63, 3.8) is 0 Å². The van der Waals surface area contributed by atoms with E-state index in [9.17, 15) is 19.2 Å². The molecule has 0 spiro atoms. The number of carbonyl (C=O) groups is 3. The molecule has 3 fully saturated rings. The monoisotopic (exact) mass is 344 g/mol. The summed E-state index contributed by atoms with van der Waals surface area (Å²) < 4.78 is 1.33. The maximum atomic E-state index is 12.3. The van der Waals surface area contributed by atoms with Crippen LogP contribution in [0.1, 0.15) is 37.3 Å². The van der Waals surface area contributed by atoms with E-state index in [4.69, 9.17) is 0 Å². The number of hydrogen-bond donors (Lipinski definition) is 0. The summed E-state index contributed by atoms with van der Waals surface area (Å²) in [5.74, 6) is 0.150. The predicted octanol–water partition coefficient (Wildman–Crippen LogP) is -0.272. The van der Waals surface area contributed by atoms with E-state index in [1.54, 1.807) is 4.90 Å². The van der Waals surface area contributed by atoms with Crippen molar-refractivity contribution in [2.45, 2.75) is 38.1 Å². The zero-order valence-corrected chi connectivity index (χ0v) is 13.9. The van der Waals surface area contributed by atoms with Gasteiger partial charge in [0.25, 0.3) is 5.56 Å². The average Bonchev–Trinajstić information content (AvgIpc) is 3.33. The Morgan fingerprint density at radius 3 is 2.40 bits per heavy atom. The minimum atomic E-state index is -0.199. The Morgan fingerprint density at radius 2 is 1.80 bits per heavy atom. The minimum absolute atomic E-state index is 0.0227. The Morgan fingerprint density at radius 1 is 1.12 bits per heavy atom. The number of hydrogen-bond acceptors (Lipinski definition) is 5. The van der Waals surface area contributed by atoms with Crippen LogP contribution in [0.3, 0.4) is 0 Å². The predicted molar refractivity (Wildman–Crippen MR) is 86.5 cm³/mol. The maximum Gasteiger partial charge on any atom is 0.254 e. The van der Waals surface area contributed by atoms with Crippen molar-refractivity contribution >= 4 is 17.7 Å². The van der Waals surface area contributed by atoms with Crippen LogP contribution in [0.2, 0.25) is 0 Å². The first kappa shape index (κ1) is 16.0. The number of likely N-dealkylation sites (tertiary alicyclic amines) is 2. The van der Waals surface area contributed by atoms with Crippen molar-refractivity contribution in [1.82, 2.24) is 19.4 Å². The van der Waals surface area contributed by atoms with Crippen molar-refractivity contribution in [2.75, 3.05) is 19.6 Å². The number of aromatic nitrogens is 2. The van der Waals surface area contributed by atoms with Gasteiger partial charge in [-0.1, -0.05) is 0 Å². The summed E-state index contributed by atoms with van der Waals surface area (Å²) >= 11 is 0. The Balaban J connectivity index is 1.29. The number of nitrogens with zero attached hydrogens (tertiary/aromatic N) is 4. The van der Waals surface area contributed by atoms with Crippen LogP contribution >= 0.6 is 0 Å². The molecule has 3 amide bonds. The highest BCUT2D eigenvalue weighted by Gasteiger charge is 2.37. The molecule has 0 N–H and O–H groups in total. The van der Waals surface area contributed by atoms with Gasteiger partial charge in [0.15, 0.2) is 0 Å². The summed E-state index contributed by atoms with van der Waals surface area (Å²) in [7, 11) is 0. The van der Waals surface area contributed by atoms with Crippen LogP contribution in [0.25, 0.3) is 0 Å². The zero-order chi connectivity index (χ0) is 17.6. The Bertz CT molecular complexity index is 776. The van der Waals surface area contributed by atoms with E-state index in [1.807, 2.05) is 0 Å². The van der Waals surface area contributed by atoms with E-state index < -0.39 is 0 Å². The molecule has 8 heteroatoms. The van der Waals surface area contributed by atoms with Crippen LogP contribution in [-0.4, -0.2) is 56.7 Å². The molecule has 1 aromatic heterocycles. The number of carbonyl (C=O) groups excluding carboxylic acids is 3. The van der Waals surface area contributed by atoms with Crippen molar-refractivity contribution in [3.8, 4) is 0 Å². The molecule has 0 aromatic carbocycles. The lowest BCUT2D eigenvalue weighted by Crippen LogP contribution is -2.55. The maximum absolute atomic E-state index is 12.3. The molecule has 4 rings (SSSR count). The van der Waals surface area contributed by atoms with Gasteiger partial charge in [0.1, 0.15) is 6.54 Å². The molecule has 2 aliphatic heterocycles. The first-order valence-electron chi connectivity index (χ1n) is 8.68. The summed E-state index contributed by atoms with van der Waals surface area (Å²) in [5, 5.41) is 0. The fourth-order valence-electron chi connectivity index (χ4n) is 3.38. The smallest absolute Gasteiger partial charge is 0.254 e. The second kappa shape index (κ2) is 6.09. The van der Waals surface area contributed by atoms with Gasteiger partial charge in [0.05, 0.1) is 12.0 Å². The van der Waals surface area contributed by atoms with Crippen molar-refractivity contribution in [3.05, 3.63) is 28.4 Å². The summed E-state index contributed by atoms with van der Waals surface area (Å²) in [6.07, 6.45) is 4.19. The Hall–Kier alpha value is -2.51. The average molecular weight is 344 g/mol. The molecule has 8 nitrogen and oxygen atoms in total. The van der Waals surface area contributed by atoms with Crippen LogP contribution in [0.4, 0.5) is 0 Å². The molecule has 2 saturated heterocycles. The van der Waals surface area contributed by atoms with Crippen LogP contribution in [0, 0.1) is 5.92 Å². The highest BCUT2D eigenvalue weighted by atomic mass is 16.2. The van der Waals surface area contributed by atoms with Gasteiger partial charge >= 0.3 is 0 Å². The third-order valence-corrected chi connectivity index (χ3v) is 5.11. The SMILES string of the molecule is O=C(Cn1cnc(C2CC2)cc1=O)N1CC(CN2C(=O)CCC2=O)C1. The molecular weight excluding hydrogens is 324 g/mol. The van der Waals surface area contributed by atoms with E-state index in [0.717, 1.165) is 18.5 Å². The van der Waals surface area contributed by atoms with Gasteiger partial charge in [-0.25, -0.2) is 4.98 Å². The number of amides is 3. The van der Waals surface area contributed by atoms with Gasteiger partial charge in [0, 0.05) is 50.4 Å². The minimum Gasteiger partial charge on any atom is -0.340 e. The molecule has 1 saturated carbocycles. The van der Waals surface area contributed by atoms with Crippen LogP contribution < -0.4 is 5.56 Å². The molecule has 25 heavy (non-hydrogen) atoms. The third kappa shape index (κ3) is 3.20. The summed E-state index contributed by atoms with van der Waals surface area (Å²) in [5.41, 5.74) is 0.619. The lowest BCUT2D eigenvalue weighted by molar-refractivity contribution is -0.142. The van der Waals surface area contributed by atoms with Crippen LogP contribution in [-0.2, 0) is 20.9 Å². The summed E-state index contributed by atoms with van der Waals surface area (Å²) in [4.78, 5) is 54.8. The lowest BCUT2D eigenvalue weighted by atomic mass is 9.99. The van der Waals surface area contributed by atoms with Gasteiger partial charge in [-0.05, 0) is 12.8 Å². The van der Waals surface area contributed by atoms with E-state index in [-0.39, 0.29) is 35.7 Å². The summed E-state index contributed by atoms with van der Waals surface area (Å²) in [6, 6.07) is 1.52. The number of rotatable bonds is 5. The fraction of sp³-hybridized carbons (Fsp3) is 0.588. The second-order valence-corrected chi connectivity index (χ2v) is 7.12. The summed E-state index contributed by atoms with van der Waals surface area (Å²) in [6.45, 7) is 1.39. The molecule has 1 aromatic rings. The lowest BCUT2D eigenvalue weighted by Gasteiger charge is -2.40. The Labute approximate surface area is 144 Å². The largest absolute Gasteiger partial charge is 0.340 e. The van der Waals surface area contributed by atoms with E-state index in [0.29, 0.717) is 38.4 Å². The van der Waals surface area contributed by atoms with Gasteiger partial charge in [-0.2, -0.15) is 0 Å². The molecular formula is C17H20N4O4. The first-order valence-corrected chi connectivity index (χ1v) is 8.68. The third-order valence-electron chi connectivity index (χ3n) is 5.11. The highest BCUT2D eigenvalue weighted by Crippen LogP contribution is 2.38. The second-order valence-electron chi connectivity index (χ2n) is 7.12. The van der Waals surface area contributed by atoms with Crippen molar-refractivity contribution in [1.29, 1.82) is 0 Å². The van der Waals surface area contributed by atoms with Gasteiger partial charge in [-0.15, -0.1) is 0 Å². The molecule has 0 unspecified atom stereocenters. The van der Waals surface area contributed by atoms with E-state index >= 15 is 0 Å². The molecule has 0 radical (unpaired) electrons. The molecule has 3 heterocycles.